The van der Waals surface area contributed by atoms with Crippen molar-refractivity contribution in [3.8, 4) is 11.5 Å². The molecule has 0 radical (unpaired) electrons. The summed E-state index contributed by atoms with van der Waals surface area (Å²) in [6, 6.07) is 12.4. The van der Waals surface area contributed by atoms with E-state index in [1.54, 1.807) is 30.1 Å². The number of nitrogens with zero attached hydrogens (tertiary/aromatic N) is 2. The quantitative estimate of drug-likeness (QED) is 0.714. The largest absolute Gasteiger partial charge is 0.497 e. The highest BCUT2D eigenvalue weighted by atomic mass is 16.5. The zero-order valence-electron chi connectivity index (χ0n) is 14.1. The molecule has 0 unspecified atom stereocenters. The highest BCUT2D eigenvalue weighted by Gasteiger charge is 2.12. The number of methoxy groups -OCH3 is 1. The molecule has 7 nitrogen and oxygen atoms in total. The molecule has 0 spiro atoms. The molecule has 0 bridgehead atoms. The van der Waals surface area contributed by atoms with Crippen LogP contribution in [0.1, 0.15) is 22.0 Å². The van der Waals surface area contributed by atoms with Crippen molar-refractivity contribution in [1.82, 2.24) is 15.1 Å². The Hall–Kier alpha value is -3.22. The summed E-state index contributed by atoms with van der Waals surface area (Å²) < 4.78 is 18.0. The molecule has 0 saturated carbocycles. The van der Waals surface area contributed by atoms with Crippen LogP contribution in [0.3, 0.4) is 0 Å². The number of aromatic nitrogens is 2. The van der Waals surface area contributed by atoms with Gasteiger partial charge in [0, 0.05) is 13.2 Å². The number of furan rings is 1. The van der Waals surface area contributed by atoms with Gasteiger partial charge in [0.2, 0.25) is 0 Å². The van der Waals surface area contributed by atoms with E-state index in [0.29, 0.717) is 18.1 Å². The summed E-state index contributed by atoms with van der Waals surface area (Å²) in [7, 11) is 3.43. The van der Waals surface area contributed by atoms with Crippen molar-refractivity contribution in [3.63, 3.8) is 0 Å². The van der Waals surface area contributed by atoms with E-state index in [1.807, 2.05) is 37.4 Å². The third-order valence-corrected chi connectivity index (χ3v) is 3.68. The second-order valence-electron chi connectivity index (χ2n) is 5.36. The zero-order valence-corrected chi connectivity index (χ0v) is 14.1. The molecule has 1 amide bonds. The Morgan fingerprint density at radius 3 is 2.60 bits per heavy atom. The Balaban J connectivity index is 1.52. The first kappa shape index (κ1) is 16.6. The van der Waals surface area contributed by atoms with Gasteiger partial charge in [0.25, 0.3) is 5.91 Å². The fraction of sp³-hybridized carbons (Fsp3) is 0.222. The Morgan fingerprint density at radius 2 is 1.92 bits per heavy atom. The van der Waals surface area contributed by atoms with Crippen LogP contribution in [0.5, 0.6) is 11.5 Å². The van der Waals surface area contributed by atoms with Gasteiger partial charge >= 0.3 is 0 Å². The van der Waals surface area contributed by atoms with Crippen molar-refractivity contribution in [3.05, 3.63) is 65.9 Å². The topological polar surface area (TPSA) is 78.5 Å². The molecule has 2 heterocycles. The summed E-state index contributed by atoms with van der Waals surface area (Å²) in [6.07, 6.45) is 1.68. The lowest BCUT2D eigenvalue weighted by Gasteiger charge is -2.05. The van der Waals surface area contributed by atoms with Crippen LogP contribution in [0.25, 0.3) is 0 Å². The van der Waals surface area contributed by atoms with E-state index >= 15 is 0 Å². The summed E-state index contributed by atoms with van der Waals surface area (Å²) in [5.41, 5.74) is 0.906. The third-order valence-electron chi connectivity index (χ3n) is 3.68. The molecular weight excluding hydrogens is 322 g/mol. The summed E-state index contributed by atoms with van der Waals surface area (Å²) in [6.45, 7) is 0.620. The van der Waals surface area contributed by atoms with Gasteiger partial charge in [-0.3, -0.25) is 9.48 Å². The van der Waals surface area contributed by atoms with Crippen molar-refractivity contribution in [2.45, 2.75) is 13.2 Å². The molecule has 0 atom stereocenters. The first-order valence-corrected chi connectivity index (χ1v) is 7.76. The number of nitrogens with one attached hydrogen (secondary N) is 1. The number of hydrogen-bond donors (Lipinski definition) is 1. The minimum atomic E-state index is -0.281. The average molecular weight is 341 g/mol. The molecule has 2 aromatic heterocycles. The van der Waals surface area contributed by atoms with Gasteiger partial charge in [-0.15, -0.1) is 0 Å². The maximum absolute atomic E-state index is 12.1. The van der Waals surface area contributed by atoms with Crippen LogP contribution in [0.2, 0.25) is 0 Å². The second kappa shape index (κ2) is 7.57. The van der Waals surface area contributed by atoms with Gasteiger partial charge in [-0.2, -0.15) is 5.10 Å². The van der Waals surface area contributed by atoms with Crippen LogP contribution in [-0.2, 0) is 20.2 Å². The molecule has 25 heavy (non-hydrogen) atoms. The van der Waals surface area contributed by atoms with E-state index < -0.39 is 0 Å². The molecule has 0 fully saturated rings. The van der Waals surface area contributed by atoms with Gasteiger partial charge in [0.05, 0.1) is 19.3 Å². The van der Waals surface area contributed by atoms with Gasteiger partial charge in [0.1, 0.15) is 23.9 Å². The molecule has 0 aliphatic rings. The molecule has 3 aromatic rings. The minimum absolute atomic E-state index is 0.237. The lowest BCUT2D eigenvalue weighted by atomic mass is 10.3. The zero-order chi connectivity index (χ0) is 17.6. The SMILES string of the molecule is COc1ccc(OCc2ccc(C(=O)NCc3ccnn3C)o2)cc1. The fourth-order valence-electron chi connectivity index (χ4n) is 2.24. The Morgan fingerprint density at radius 1 is 1.16 bits per heavy atom. The smallest absolute Gasteiger partial charge is 0.287 e. The van der Waals surface area contributed by atoms with Gasteiger partial charge < -0.3 is 19.2 Å². The van der Waals surface area contributed by atoms with Crippen LogP contribution in [0.4, 0.5) is 0 Å². The third kappa shape index (κ3) is 4.20. The standard InChI is InChI=1S/C18H19N3O4/c1-21-13(9-10-20-21)11-19-18(22)17-8-7-16(25-17)12-24-15-5-3-14(23-2)4-6-15/h3-10H,11-12H2,1-2H3,(H,19,22). The second-order valence-corrected chi connectivity index (χ2v) is 5.36. The van der Waals surface area contributed by atoms with Gasteiger partial charge in [-0.1, -0.05) is 0 Å². The number of ether oxygens (including phenoxy) is 2. The summed E-state index contributed by atoms with van der Waals surface area (Å²) in [4.78, 5) is 12.1. The molecule has 1 aromatic carbocycles. The highest BCUT2D eigenvalue weighted by molar-refractivity contribution is 5.91. The predicted molar refractivity (Wildman–Crippen MR) is 90.4 cm³/mol. The van der Waals surface area contributed by atoms with E-state index in [4.69, 9.17) is 13.9 Å². The number of benzene rings is 1. The molecule has 3 rings (SSSR count). The normalized spacial score (nSPS) is 10.5. The Kier molecular flexibility index (Phi) is 5.03. The van der Waals surface area contributed by atoms with E-state index in [-0.39, 0.29) is 18.3 Å². The minimum Gasteiger partial charge on any atom is -0.497 e. The lowest BCUT2D eigenvalue weighted by molar-refractivity contribution is 0.0918. The highest BCUT2D eigenvalue weighted by Crippen LogP contribution is 2.19. The summed E-state index contributed by atoms with van der Waals surface area (Å²) in [5.74, 6) is 1.99. The molecular formula is C18H19N3O4. The van der Waals surface area contributed by atoms with E-state index in [9.17, 15) is 4.79 Å². The number of aryl methyl sites for hydroxylation is 1. The first-order valence-electron chi connectivity index (χ1n) is 7.76. The molecule has 0 aliphatic heterocycles. The van der Waals surface area contributed by atoms with Crippen LogP contribution in [0, 0.1) is 0 Å². The molecule has 130 valence electrons. The molecule has 0 saturated heterocycles. The number of carbonyl (C=O) groups excluding carboxylic acids is 1. The maximum Gasteiger partial charge on any atom is 0.287 e. The van der Waals surface area contributed by atoms with Crippen LogP contribution in [-0.4, -0.2) is 22.8 Å². The van der Waals surface area contributed by atoms with Crippen LogP contribution >= 0.6 is 0 Å². The lowest BCUT2D eigenvalue weighted by Crippen LogP contribution is -2.23. The monoisotopic (exact) mass is 341 g/mol. The van der Waals surface area contributed by atoms with Crippen molar-refractivity contribution in [1.29, 1.82) is 0 Å². The predicted octanol–water partition coefficient (Wildman–Crippen LogP) is 2.53. The Labute approximate surface area is 145 Å². The van der Waals surface area contributed by atoms with Crippen molar-refractivity contribution < 1.29 is 18.7 Å². The van der Waals surface area contributed by atoms with E-state index in [0.717, 1.165) is 11.4 Å². The van der Waals surface area contributed by atoms with E-state index in [1.165, 1.54) is 0 Å². The van der Waals surface area contributed by atoms with Gasteiger partial charge in [-0.25, -0.2) is 0 Å². The number of carbonyl (C=O) groups is 1. The fourth-order valence-corrected chi connectivity index (χ4v) is 2.24. The van der Waals surface area contributed by atoms with Gasteiger partial charge in [-0.05, 0) is 42.5 Å². The number of hydrogen-bond acceptors (Lipinski definition) is 5. The number of rotatable bonds is 7. The van der Waals surface area contributed by atoms with Crippen LogP contribution in [0.15, 0.2) is 53.1 Å². The Bertz CT molecular complexity index is 836. The molecule has 7 heteroatoms. The molecule has 0 aliphatic carbocycles. The van der Waals surface area contributed by atoms with Crippen molar-refractivity contribution in [2.75, 3.05) is 7.11 Å². The van der Waals surface area contributed by atoms with Crippen LogP contribution < -0.4 is 14.8 Å². The van der Waals surface area contributed by atoms with E-state index in [2.05, 4.69) is 10.4 Å². The van der Waals surface area contributed by atoms with Gasteiger partial charge in [0.15, 0.2) is 5.76 Å². The first-order chi connectivity index (χ1) is 12.2. The summed E-state index contributed by atoms with van der Waals surface area (Å²) in [5, 5.41) is 6.85. The molecule has 1 N–H and O–H groups in total. The maximum atomic E-state index is 12.1. The van der Waals surface area contributed by atoms with Crippen molar-refractivity contribution >= 4 is 5.91 Å². The van der Waals surface area contributed by atoms with Crippen molar-refractivity contribution in [2.24, 2.45) is 7.05 Å². The average Bonchev–Trinajstić information content (AvgIpc) is 3.27. The number of amides is 1. The summed E-state index contributed by atoms with van der Waals surface area (Å²) >= 11 is 0.